The number of rotatable bonds is 5. The average Bonchev–Trinajstić information content (AvgIpc) is 2.42. The van der Waals surface area contributed by atoms with E-state index >= 15 is 0 Å². The molecule has 2 nitrogen and oxygen atoms in total. The first kappa shape index (κ1) is 17.0. The molecule has 0 fully saturated rings. The molecule has 2 aromatic carbocycles. The maximum absolute atomic E-state index is 13.1. The van der Waals surface area contributed by atoms with E-state index < -0.39 is 0 Å². The molecule has 0 heterocycles. The van der Waals surface area contributed by atoms with Crippen LogP contribution in [0.5, 0.6) is 5.75 Å². The van der Waals surface area contributed by atoms with E-state index in [1.807, 2.05) is 19.1 Å². The van der Waals surface area contributed by atoms with Gasteiger partial charge < -0.3 is 10.1 Å². The summed E-state index contributed by atoms with van der Waals surface area (Å²) in [4.78, 5) is 0. The SMILES string of the molecule is CCOc1c(Br)cc(CNc2ccc(F)cc2I)cc1Br. The number of halogens is 4. The molecule has 0 unspecified atom stereocenters. The van der Waals surface area contributed by atoms with Gasteiger partial charge >= 0.3 is 0 Å². The van der Waals surface area contributed by atoms with Gasteiger partial charge in [0.2, 0.25) is 0 Å². The fraction of sp³-hybridized carbons (Fsp3) is 0.200. The molecule has 0 saturated heterocycles. The van der Waals surface area contributed by atoms with Crippen molar-refractivity contribution >= 4 is 60.1 Å². The summed E-state index contributed by atoms with van der Waals surface area (Å²) in [5, 5.41) is 3.31. The zero-order valence-corrected chi connectivity index (χ0v) is 16.6. The quantitative estimate of drug-likeness (QED) is 0.483. The number of hydrogen-bond acceptors (Lipinski definition) is 2. The molecule has 0 saturated carbocycles. The standard InChI is InChI=1S/C15H13Br2FINO/c1-2-21-15-11(16)5-9(6-12(15)17)8-20-14-4-3-10(18)7-13(14)19/h3-7,20H,2,8H2,1H3. The maximum Gasteiger partial charge on any atom is 0.147 e. The van der Waals surface area contributed by atoms with Crippen LogP contribution in [0.25, 0.3) is 0 Å². The molecule has 0 radical (unpaired) electrons. The molecule has 0 aliphatic heterocycles. The number of nitrogens with one attached hydrogen (secondary N) is 1. The van der Waals surface area contributed by atoms with Gasteiger partial charge in [-0.25, -0.2) is 4.39 Å². The largest absolute Gasteiger partial charge is 0.492 e. The van der Waals surface area contributed by atoms with Crippen molar-refractivity contribution in [3.8, 4) is 5.75 Å². The molecule has 6 heteroatoms. The first-order valence-electron chi connectivity index (χ1n) is 6.31. The molecule has 0 amide bonds. The van der Waals surface area contributed by atoms with Gasteiger partial charge in [-0.15, -0.1) is 0 Å². The van der Waals surface area contributed by atoms with Crippen LogP contribution in [0.1, 0.15) is 12.5 Å². The van der Waals surface area contributed by atoms with Gasteiger partial charge in [0.25, 0.3) is 0 Å². The Labute approximate surface area is 153 Å². The lowest BCUT2D eigenvalue weighted by atomic mass is 10.2. The lowest BCUT2D eigenvalue weighted by molar-refractivity contribution is 0.336. The molecular formula is C15H13Br2FINO. The molecule has 21 heavy (non-hydrogen) atoms. The van der Waals surface area contributed by atoms with Crippen LogP contribution in [-0.2, 0) is 6.54 Å². The Morgan fingerprint density at radius 1 is 1.19 bits per heavy atom. The molecule has 0 spiro atoms. The summed E-state index contributed by atoms with van der Waals surface area (Å²) < 4.78 is 21.3. The van der Waals surface area contributed by atoms with Gasteiger partial charge in [-0.1, -0.05) is 0 Å². The molecule has 0 aliphatic rings. The maximum atomic E-state index is 13.1. The van der Waals surface area contributed by atoms with E-state index in [9.17, 15) is 4.39 Å². The van der Waals surface area contributed by atoms with Gasteiger partial charge in [-0.3, -0.25) is 0 Å². The first-order valence-corrected chi connectivity index (χ1v) is 8.97. The van der Waals surface area contributed by atoms with Crippen LogP contribution in [0, 0.1) is 9.39 Å². The van der Waals surface area contributed by atoms with E-state index in [1.54, 1.807) is 6.07 Å². The fourth-order valence-corrected chi connectivity index (χ4v) is 4.00. The van der Waals surface area contributed by atoms with Gasteiger partial charge in [0.15, 0.2) is 0 Å². The van der Waals surface area contributed by atoms with E-state index in [-0.39, 0.29) is 5.82 Å². The summed E-state index contributed by atoms with van der Waals surface area (Å²) in [6, 6.07) is 8.73. The van der Waals surface area contributed by atoms with Crippen molar-refractivity contribution in [1.29, 1.82) is 0 Å². The van der Waals surface area contributed by atoms with Crippen LogP contribution >= 0.6 is 54.5 Å². The number of ether oxygens (including phenoxy) is 1. The zero-order valence-electron chi connectivity index (χ0n) is 11.2. The lowest BCUT2D eigenvalue weighted by Crippen LogP contribution is -2.02. The summed E-state index contributed by atoms with van der Waals surface area (Å²) in [7, 11) is 0. The van der Waals surface area contributed by atoms with Gasteiger partial charge in [0, 0.05) is 15.8 Å². The summed E-state index contributed by atoms with van der Waals surface area (Å²) in [5.41, 5.74) is 2.01. The highest BCUT2D eigenvalue weighted by molar-refractivity contribution is 14.1. The molecular weight excluding hydrogens is 516 g/mol. The molecule has 0 aromatic heterocycles. The lowest BCUT2D eigenvalue weighted by Gasteiger charge is -2.13. The molecule has 112 valence electrons. The van der Waals surface area contributed by atoms with Crippen molar-refractivity contribution in [2.75, 3.05) is 11.9 Å². The van der Waals surface area contributed by atoms with Crippen molar-refractivity contribution in [2.45, 2.75) is 13.5 Å². The number of hydrogen-bond donors (Lipinski definition) is 1. The molecule has 2 aromatic rings. The normalized spacial score (nSPS) is 10.5. The number of benzene rings is 2. The van der Waals surface area contributed by atoms with Crippen molar-refractivity contribution in [2.24, 2.45) is 0 Å². The molecule has 0 atom stereocenters. The summed E-state index contributed by atoms with van der Waals surface area (Å²) in [5.74, 6) is 0.578. The Morgan fingerprint density at radius 2 is 1.86 bits per heavy atom. The Bertz CT molecular complexity index is 629. The Hall–Kier alpha value is -0.340. The van der Waals surface area contributed by atoms with Crippen molar-refractivity contribution in [3.63, 3.8) is 0 Å². The van der Waals surface area contributed by atoms with E-state index in [4.69, 9.17) is 4.74 Å². The highest BCUT2D eigenvalue weighted by Crippen LogP contribution is 2.35. The Morgan fingerprint density at radius 3 is 2.43 bits per heavy atom. The van der Waals surface area contributed by atoms with Crippen LogP contribution in [0.2, 0.25) is 0 Å². The van der Waals surface area contributed by atoms with Crippen LogP contribution in [0.15, 0.2) is 39.3 Å². The predicted molar refractivity (Wildman–Crippen MR) is 99.5 cm³/mol. The fourth-order valence-electron chi connectivity index (χ4n) is 1.83. The summed E-state index contributed by atoms with van der Waals surface area (Å²) >= 11 is 9.15. The third-order valence-corrected chi connectivity index (χ3v) is 4.83. The van der Waals surface area contributed by atoms with Gasteiger partial charge in [-0.05, 0) is 97.3 Å². The van der Waals surface area contributed by atoms with Crippen molar-refractivity contribution < 1.29 is 9.13 Å². The van der Waals surface area contributed by atoms with Crippen LogP contribution in [0.4, 0.5) is 10.1 Å². The van der Waals surface area contributed by atoms with E-state index in [0.29, 0.717) is 13.2 Å². The molecule has 0 bridgehead atoms. The first-order chi connectivity index (χ1) is 10.0. The Balaban J connectivity index is 2.13. The smallest absolute Gasteiger partial charge is 0.147 e. The van der Waals surface area contributed by atoms with Gasteiger partial charge in [0.1, 0.15) is 11.6 Å². The third kappa shape index (κ3) is 4.56. The highest BCUT2D eigenvalue weighted by Gasteiger charge is 2.09. The third-order valence-electron chi connectivity index (χ3n) is 2.76. The summed E-state index contributed by atoms with van der Waals surface area (Å²) in [6.07, 6.45) is 0. The second-order valence-electron chi connectivity index (χ2n) is 4.30. The zero-order chi connectivity index (χ0) is 15.4. The minimum Gasteiger partial charge on any atom is -0.492 e. The number of anilines is 1. The molecule has 1 N–H and O–H groups in total. The van der Waals surface area contributed by atoms with E-state index in [2.05, 4.69) is 59.8 Å². The average molecular weight is 529 g/mol. The Kier molecular flexibility index (Phi) is 6.31. The molecule has 2 rings (SSSR count). The minimum absolute atomic E-state index is 0.225. The van der Waals surface area contributed by atoms with Crippen molar-refractivity contribution in [1.82, 2.24) is 0 Å². The van der Waals surface area contributed by atoms with Crippen LogP contribution in [-0.4, -0.2) is 6.61 Å². The minimum atomic E-state index is -0.225. The monoisotopic (exact) mass is 527 g/mol. The van der Waals surface area contributed by atoms with Crippen LogP contribution in [0.3, 0.4) is 0 Å². The highest BCUT2D eigenvalue weighted by atomic mass is 127. The van der Waals surface area contributed by atoms with Gasteiger partial charge in [0.05, 0.1) is 15.6 Å². The second-order valence-corrected chi connectivity index (χ2v) is 7.17. The van der Waals surface area contributed by atoms with Crippen molar-refractivity contribution in [3.05, 3.63) is 54.2 Å². The van der Waals surface area contributed by atoms with E-state index in [0.717, 1.165) is 29.5 Å². The van der Waals surface area contributed by atoms with Crippen LogP contribution < -0.4 is 10.1 Å². The van der Waals surface area contributed by atoms with Gasteiger partial charge in [-0.2, -0.15) is 0 Å². The topological polar surface area (TPSA) is 21.3 Å². The summed E-state index contributed by atoms with van der Waals surface area (Å²) in [6.45, 7) is 3.21. The van der Waals surface area contributed by atoms with E-state index in [1.165, 1.54) is 12.1 Å². The molecule has 0 aliphatic carbocycles. The predicted octanol–water partition coefficient (Wildman–Crippen LogP) is 5.97. The second kappa shape index (κ2) is 7.78.